The third-order valence-corrected chi connectivity index (χ3v) is 2.27. The molecular formula is C11H10ClNO4. The average molecular weight is 256 g/mol. The molecule has 0 spiro atoms. The van der Waals surface area contributed by atoms with Gasteiger partial charge in [-0.25, -0.2) is 4.79 Å². The number of allylic oxidation sites excluding steroid dienone is 1. The van der Waals surface area contributed by atoms with E-state index in [2.05, 4.69) is 0 Å². The number of nitrogens with zero attached hydrogens (tertiary/aromatic N) is 1. The van der Waals surface area contributed by atoms with Crippen LogP contribution in [0.4, 0.5) is 5.69 Å². The first-order valence-corrected chi connectivity index (χ1v) is 5.34. The Morgan fingerprint density at radius 1 is 1.53 bits per heavy atom. The molecule has 0 atom stereocenters. The molecule has 0 fully saturated rings. The average Bonchev–Trinajstić information content (AvgIpc) is 2.29. The van der Waals surface area contributed by atoms with Gasteiger partial charge >= 0.3 is 5.97 Å². The highest BCUT2D eigenvalue weighted by molar-refractivity contribution is 6.17. The molecular weight excluding hydrogens is 246 g/mol. The summed E-state index contributed by atoms with van der Waals surface area (Å²) in [6, 6.07) is 3.72. The molecule has 0 aliphatic heterocycles. The Labute approximate surface area is 102 Å². The van der Waals surface area contributed by atoms with Crippen LogP contribution < -0.4 is 0 Å². The second-order valence-corrected chi connectivity index (χ2v) is 3.59. The molecule has 0 aromatic heterocycles. The monoisotopic (exact) mass is 255 g/mol. The normalized spacial score (nSPS) is 10.6. The molecule has 5 nitrogen and oxygen atoms in total. The van der Waals surface area contributed by atoms with E-state index in [9.17, 15) is 14.9 Å². The highest BCUT2D eigenvalue weighted by Gasteiger charge is 2.14. The van der Waals surface area contributed by atoms with E-state index in [1.807, 2.05) is 0 Å². The number of hydrogen-bond donors (Lipinski definition) is 1. The summed E-state index contributed by atoms with van der Waals surface area (Å²) in [5.41, 5.74) is 0.0927. The molecule has 0 aliphatic rings. The summed E-state index contributed by atoms with van der Waals surface area (Å²) < 4.78 is 0. The van der Waals surface area contributed by atoms with Crippen molar-refractivity contribution in [1.82, 2.24) is 0 Å². The largest absolute Gasteiger partial charge is 0.478 e. The van der Waals surface area contributed by atoms with Gasteiger partial charge in [-0.1, -0.05) is 12.2 Å². The number of halogens is 1. The number of alkyl halides is 1. The second kappa shape index (κ2) is 6.00. The van der Waals surface area contributed by atoms with Gasteiger partial charge in [-0.15, -0.1) is 11.6 Å². The van der Waals surface area contributed by atoms with Crippen molar-refractivity contribution < 1.29 is 14.8 Å². The third kappa shape index (κ3) is 3.57. The summed E-state index contributed by atoms with van der Waals surface area (Å²) >= 11 is 5.48. The molecule has 0 amide bonds. The topological polar surface area (TPSA) is 80.4 Å². The molecule has 6 heteroatoms. The second-order valence-electron chi connectivity index (χ2n) is 3.21. The number of non-ortho nitro benzene ring substituents is 1. The van der Waals surface area contributed by atoms with Crippen LogP contribution in [0.3, 0.4) is 0 Å². The van der Waals surface area contributed by atoms with E-state index >= 15 is 0 Å². The van der Waals surface area contributed by atoms with E-state index in [1.54, 1.807) is 12.2 Å². The molecule has 17 heavy (non-hydrogen) atoms. The number of benzene rings is 1. The van der Waals surface area contributed by atoms with Gasteiger partial charge < -0.3 is 5.11 Å². The predicted molar refractivity (Wildman–Crippen MR) is 64.4 cm³/mol. The minimum atomic E-state index is -1.20. The zero-order chi connectivity index (χ0) is 12.8. The van der Waals surface area contributed by atoms with Crippen LogP contribution >= 0.6 is 11.6 Å². The van der Waals surface area contributed by atoms with Crippen LogP contribution in [0.15, 0.2) is 24.3 Å². The lowest BCUT2D eigenvalue weighted by Crippen LogP contribution is -2.01. The Hall–Kier alpha value is -1.88. The fraction of sp³-hybridized carbons (Fsp3) is 0.182. The van der Waals surface area contributed by atoms with Crippen molar-refractivity contribution in [3.63, 3.8) is 0 Å². The first kappa shape index (κ1) is 13.2. The van der Waals surface area contributed by atoms with Gasteiger partial charge in [0.15, 0.2) is 0 Å². The quantitative estimate of drug-likeness (QED) is 0.498. The van der Waals surface area contributed by atoms with E-state index < -0.39 is 10.9 Å². The van der Waals surface area contributed by atoms with Crippen LogP contribution in [-0.4, -0.2) is 21.9 Å². The minimum absolute atomic E-state index is 0.0926. The van der Waals surface area contributed by atoms with Gasteiger partial charge in [0.1, 0.15) is 0 Å². The standard InChI is InChI=1S/C11H10ClNO4/c12-6-2-1-3-8-4-5-9(13(16)17)7-10(8)11(14)15/h1,3-5,7H,2,6H2,(H,14,15). The van der Waals surface area contributed by atoms with Crippen molar-refractivity contribution >= 4 is 29.3 Å². The molecule has 0 radical (unpaired) electrons. The van der Waals surface area contributed by atoms with E-state index in [1.165, 1.54) is 12.1 Å². The molecule has 1 rings (SSSR count). The van der Waals surface area contributed by atoms with Crippen molar-refractivity contribution in [2.75, 3.05) is 5.88 Å². The van der Waals surface area contributed by atoms with Crippen LogP contribution in [0.2, 0.25) is 0 Å². The lowest BCUT2D eigenvalue weighted by Gasteiger charge is -2.00. The van der Waals surface area contributed by atoms with Crippen LogP contribution in [0.25, 0.3) is 6.08 Å². The van der Waals surface area contributed by atoms with Gasteiger partial charge in [0.2, 0.25) is 0 Å². The Kier molecular flexibility index (Phi) is 4.66. The van der Waals surface area contributed by atoms with E-state index in [-0.39, 0.29) is 11.3 Å². The molecule has 0 saturated carbocycles. The van der Waals surface area contributed by atoms with Crippen molar-refractivity contribution in [1.29, 1.82) is 0 Å². The van der Waals surface area contributed by atoms with E-state index in [0.717, 1.165) is 6.07 Å². The Morgan fingerprint density at radius 3 is 2.76 bits per heavy atom. The molecule has 0 bridgehead atoms. The molecule has 1 N–H and O–H groups in total. The zero-order valence-electron chi connectivity index (χ0n) is 8.80. The highest BCUT2D eigenvalue weighted by Crippen LogP contribution is 2.19. The lowest BCUT2D eigenvalue weighted by molar-refractivity contribution is -0.384. The number of rotatable bonds is 5. The van der Waals surface area contributed by atoms with Gasteiger partial charge in [0.05, 0.1) is 10.5 Å². The smallest absolute Gasteiger partial charge is 0.336 e. The first-order chi connectivity index (χ1) is 8.06. The van der Waals surface area contributed by atoms with Gasteiger partial charge in [-0.2, -0.15) is 0 Å². The van der Waals surface area contributed by atoms with Crippen LogP contribution in [0.1, 0.15) is 22.3 Å². The maximum absolute atomic E-state index is 10.9. The molecule has 0 saturated heterocycles. The number of nitro benzene ring substituents is 1. The molecule has 0 aliphatic carbocycles. The van der Waals surface area contributed by atoms with E-state index in [4.69, 9.17) is 16.7 Å². The Balaban J connectivity index is 3.13. The number of aromatic carboxylic acids is 1. The summed E-state index contributed by atoms with van der Waals surface area (Å²) in [6.07, 6.45) is 3.92. The van der Waals surface area contributed by atoms with E-state index in [0.29, 0.717) is 17.9 Å². The maximum atomic E-state index is 10.9. The van der Waals surface area contributed by atoms with Gasteiger partial charge in [-0.3, -0.25) is 10.1 Å². The van der Waals surface area contributed by atoms with Gasteiger partial charge in [0.25, 0.3) is 5.69 Å². The van der Waals surface area contributed by atoms with Crippen LogP contribution in [0.5, 0.6) is 0 Å². The Morgan fingerprint density at radius 2 is 2.24 bits per heavy atom. The fourth-order valence-electron chi connectivity index (χ4n) is 1.26. The summed E-state index contributed by atoms with van der Waals surface area (Å²) in [6.45, 7) is 0. The van der Waals surface area contributed by atoms with Crippen LogP contribution in [-0.2, 0) is 0 Å². The third-order valence-electron chi connectivity index (χ3n) is 2.05. The number of hydrogen-bond acceptors (Lipinski definition) is 3. The zero-order valence-corrected chi connectivity index (χ0v) is 9.55. The number of carboxylic acid groups (broad SMARTS) is 1. The molecule has 0 heterocycles. The number of carbonyl (C=O) groups is 1. The SMILES string of the molecule is O=C(O)c1cc([N+](=O)[O-])ccc1C=CCCCl. The van der Waals surface area contributed by atoms with Crippen molar-refractivity contribution in [3.8, 4) is 0 Å². The van der Waals surface area contributed by atoms with Crippen molar-refractivity contribution in [2.45, 2.75) is 6.42 Å². The predicted octanol–water partition coefficient (Wildman–Crippen LogP) is 2.94. The van der Waals surface area contributed by atoms with Crippen molar-refractivity contribution in [2.24, 2.45) is 0 Å². The molecule has 0 unspecified atom stereocenters. The van der Waals surface area contributed by atoms with Crippen molar-refractivity contribution in [3.05, 3.63) is 45.5 Å². The lowest BCUT2D eigenvalue weighted by atomic mass is 10.1. The van der Waals surface area contributed by atoms with Gasteiger partial charge in [-0.05, 0) is 18.1 Å². The fourth-order valence-corrected chi connectivity index (χ4v) is 1.39. The van der Waals surface area contributed by atoms with Gasteiger partial charge in [0, 0.05) is 18.0 Å². The number of nitro groups is 1. The summed E-state index contributed by atoms with van der Waals surface area (Å²) in [5, 5.41) is 19.5. The molecule has 1 aromatic rings. The summed E-state index contributed by atoms with van der Waals surface area (Å²) in [4.78, 5) is 20.8. The van der Waals surface area contributed by atoms with Crippen LogP contribution in [0, 0.1) is 10.1 Å². The number of carboxylic acids is 1. The summed E-state index contributed by atoms with van der Waals surface area (Å²) in [5.74, 6) is -0.759. The Bertz CT molecular complexity index is 471. The minimum Gasteiger partial charge on any atom is -0.478 e. The molecule has 1 aromatic carbocycles. The molecule has 90 valence electrons. The highest BCUT2D eigenvalue weighted by atomic mass is 35.5. The summed E-state index contributed by atoms with van der Waals surface area (Å²) in [7, 11) is 0. The first-order valence-electron chi connectivity index (χ1n) is 4.80. The maximum Gasteiger partial charge on any atom is 0.336 e.